The van der Waals surface area contributed by atoms with Crippen molar-refractivity contribution >= 4 is 56.3 Å². The van der Waals surface area contributed by atoms with E-state index in [4.69, 9.17) is 17.3 Å². The zero-order chi connectivity index (χ0) is 18.6. The van der Waals surface area contributed by atoms with Gasteiger partial charge >= 0.3 is 0 Å². The Hall–Kier alpha value is -1.36. The van der Waals surface area contributed by atoms with E-state index in [9.17, 15) is 13.2 Å². The highest BCUT2D eigenvalue weighted by Crippen LogP contribution is 2.32. The van der Waals surface area contributed by atoms with Crippen molar-refractivity contribution in [3.63, 3.8) is 0 Å². The second kappa shape index (κ2) is 8.35. The Morgan fingerprint density at radius 2 is 2.20 bits per heavy atom. The van der Waals surface area contributed by atoms with Crippen molar-refractivity contribution in [1.82, 2.24) is 15.3 Å². The van der Waals surface area contributed by atoms with Crippen LogP contribution in [0.25, 0.3) is 0 Å². The summed E-state index contributed by atoms with van der Waals surface area (Å²) in [4.78, 5) is 19.6. The summed E-state index contributed by atoms with van der Waals surface area (Å²) in [5, 5.41) is 3.06. The molecule has 7 nitrogen and oxygen atoms in total. The van der Waals surface area contributed by atoms with Gasteiger partial charge in [-0.2, -0.15) is 0 Å². The lowest BCUT2D eigenvalue weighted by atomic mass is 10.3. The molecule has 2 rings (SSSR count). The monoisotopic (exact) mass is 420 g/mol. The molecule has 0 radical (unpaired) electrons. The van der Waals surface area contributed by atoms with Crippen LogP contribution in [0, 0.1) is 0 Å². The van der Waals surface area contributed by atoms with Crippen LogP contribution in [0.15, 0.2) is 32.6 Å². The molecule has 0 saturated heterocycles. The van der Waals surface area contributed by atoms with Gasteiger partial charge in [-0.1, -0.05) is 30.3 Å². The molecule has 0 fully saturated rings. The molecule has 136 valence electrons. The van der Waals surface area contributed by atoms with Crippen molar-refractivity contribution in [2.45, 2.75) is 40.6 Å². The van der Waals surface area contributed by atoms with Crippen LogP contribution >= 0.6 is 34.7 Å². The average Bonchev–Trinajstić information content (AvgIpc) is 3.00. The molecule has 0 saturated carbocycles. The van der Waals surface area contributed by atoms with Gasteiger partial charge < -0.3 is 11.1 Å². The maximum absolute atomic E-state index is 12.5. The molecule has 25 heavy (non-hydrogen) atoms. The summed E-state index contributed by atoms with van der Waals surface area (Å²) in [6, 6.07) is 2.99. The van der Waals surface area contributed by atoms with E-state index in [0.29, 0.717) is 4.34 Å². The van der Waals surface area contributed by atoms with Crippen LogP contribution in [0.2, 0.25) is 4.34 Å². The third-order valence-electron chi connectivity index (χ3n) is 3.22. The van der Waals surface area contributed by atoms with Gasteiger partial charge in [0, 0.05) is 6.04 Å². The predicted molar refractivity (Wildman–Crippen MR) is 99.8 cm³/mol. The van der Waals surface area contributed by atoms with Crippen LogP contribution < -0.4 is 11.1 Å². The molecular weight excluding hydrogens is 404 g/mol. The second-order valence-corrected chi connectivity index (χ2v) is 9.93. The van der Waals surface area contributed by atoms with Gasteiger partial charge in [-0.3, -0.25) is 4.79 Å². The molecule has 2 heterocycles. The molecule has 3 N–H and O–H groups in total. The first-order valence-electron chi connectivity index (χ1n) is 7.29. The van der Waals surface area contributed by atoms with Gasteiger partial charge in [0.2, 0.25) is 15.7 Å². The highest BCUT2D eigenvalue weighted by molar-refractivity contribution is 7.99. The molecule has 0 aliphatic heterocycles. The van der Waals surface area contributed by atoms with Gasteiger partial charge in [0.05, 0.1) is 16.3 Å². The lowest BCUT2D eigenvalue weighted by Crippen LogP contribution is -2.33. The standard InChI is InChI=1S/C14H17ClN4O3S3/c1-3-8(2)18-11(20)7-23-14-17-6-9(13(16)19-14)25(21,22)12-5-4-10(15)24-12/h4-6,8H,3,7H2,1-2H3,(H,18,20)(H2,16,17,19)/t8-/m1/s1. The van der Waals surface area contributed by atoms with Gasteiger partial charge in [-0.05, 0) is 25.5 Å². The van der Waals surface area contributed by atoms with Crippen LogP contribution in [0.3, 0.4) is 0 Å². The number of rotatable bonds is 7. The minimum absolute atomic E-state index is 0.0705. The third-order valence-corrected chi connectivity index (χ3v) is 7.57. The lowest BCUT2D eigenvalue weighted by molar-refractivity contribution is -0.119. The minimum Gasteiger partial charge on any atom is -0.382 e. The highest BCUT2D eigenvalue weighted by Gasteiger charge is 2.24. The minimum atomic E-state index is -3.82. The molecule has 2 aromatic heterocycles. The number of thioether (sulfide) groups is 1. The number of nitrogens with one attached hydrogen (secondary N) is 1. The van der Waals surface area contributed by atoms with E-state index >= 15 is 0 Å². The smallest absolute Gasteiger partial charge is 0.230 e. The number of amides is 1. The van der Waals surface area contributed by atoms with Gasteiger partial charge in [0.15, 0.2) is 5.16 Å². The normalized spacial score (nSPS) is 12.8. The van der Waals surface area contributed by atoms with E-state index in [1.165, 1.54) is 12.1 Å². The molecule has 1 amide bonds. The molecule has 0 aromatic carbocycles. The molecule has 11 heteroatoms. The Morgan fingerprint density at radius 1 is 1.48 bits per heavy atom. The SMILES string of the molecule is CC[C@@H](C)NC(=O)CSc1ncc(S(=O)(=O)c2ccc(Cl)s2)c(N)n1. The fourth-order valence-corrected chi connectivity index (χ4v) is 5.24. The average molecular weight is 421 g/mol. The number of nitrogen functional groups attached to an aromatic ring is 1. The number of halogens is 1. The summed E-state index contributed by atoms with van der Waals surface area (Å²) in [5.41, 5.74) is 5.79. The first-order valence-corrected chi connectivity index (χ1v) is 11.0. The molecule has 0 aliphatic rings. The van der Waals surface area contributed by atoms with Crippen molar-refractivity contribution in [3.05, 3.63) is 22.7 Å². The van der Waals surface area contributed by atoms with Crippen molar-refractivity contribution in [1.29, 1.82) is 0 Å². The number of sulfone groups is 1. The maximum Gasteiger partial charge on any atom is 0.230 e. The quantitative estimate of drug-likeness (QED) is 0.522. The van der Waals surface area contributed by atoms with E-state index < -0.39 is 9.84 Å². The van der Waals surface area contributed by atoms with E-state index in [1.54, 1.807) is 0 Å². The summed E-state index contributed by atoms with van der Waals surface area (Å²) in [7, 11) is -3.82. The summed E-state index contributed by atoms with van der Waals surface area (Å²) in [6.45, 7) is 3.88. The molecule has 1 atom stereocenters. The molecular formula is C14H17ClN4O3S3. The van der Waals surface area contributed by atoms with Crippen LogP contribution in [0.5, 0.6) is 0 Å². The van der Waals surface area contributed by atoms with Crippen molar-refractivity contribution in [2.75, 3.05) is 11.5 Å². The van der Waals surface area contributed by atoms with Crippen LogP contribution in [0.1, 0.15) is 20.3 Å². The zero-order valence-electron chi connectivity index (χ0n) is 13.5. The number of thiophene rings is 1. The molecule has 0 unspecified atom stereocenters. The Bertz CT molecular complexity index is 870. The fourth-order valence-electron chi connectivity index (χ4n) is 1.74. The highest BCUT2D eigenvalue weighted by atomic mass is 35.5. The Labute approximate surface area is 159 Å². The van der Waals surface area contributed by atoms with Crippen molar-refractivity contribution < 1.29 is 13.2 Å². The number of hydrogen-bond donors (Lipinski definition) is 2. The van der Waals surface area contributed by atoms with E-state index in [2.05, 4.69) is 15.3 Å². The largest absolute Gasteiger partial charge is 0.382 e. The molecule has 0 spiro atoms. The first kappa shape index (κ1) is 20.0. The summed E-state index contributed by atoms with van der Waals surface area (Å²) in [5.74, 6) is -0.188. The number of carbonyl (C=O) groups is 1. The Balaban J connectivity index is 2.12. The topological polar surface area (TPSA) is 115 Å². The molecule has 0 bridgehead atoms. The van der Waals surface area contributed by atoms with Gasteiger partial charge in [-0.25, -0.2) is 18.4 Å². The molecule has 0 aliphatic carbocycles. The fraction of sp³-hybridized carbons (Fsp3) is 0.357. The summed E-state index contributed by atoms with van der Waals surface area (Å²) < 4.78 is 25.5. The molecule has 2 aromatic rings. The van der Waals surface area contributed by atoms with Crippen LogP contribution in [0.4, 0.5) is 5.82 Å². The number of hydrogen-bond acceptors (Lipinski definition) is 8. The summed E-state index contributed by atoms with van der Waals surface area (Å²) in [6.07, 6.45) is 1.99. The third kappa shape index (κ3) is 5.06. The Morgan fingerprint density at radius 3 is 2.76 bits per heavy atom. The Kier molecular flexibility index (Phi) is 6.66. The zero-order valence-corrected chi connectivity index (χ0v) is 16.7. The van der Waals surface area contributed by atoms with E-state index in [-0.39, 0.29) is 37.8 Å². The maximum atomic E-state index is 12.5. The number of nitrogens with zero attached hydrogens (tertiary/aromatic N) is 2. The lowest BCUT2D eigenvalue weighted by Gasteiger charge is -2.11. The first-order chi connectivity index (χ1) is 11.7. The predicted octanol–water partition coefficient (Wildman–Crippen LogP) is 2.61. The van der Waals surface area contributed by atoms with Crippen molar-refractivity contribution in [3.8, 4) is 0 Å². The number of anilines is 1. The van der Waals surface area contributed by atoms with Gasteiger partial charge in [0.25, 0.3) is 0 Å². The number of carbonyl (C=O) groups excluding carboxylic acids is 1. The summed E-state index contributed by atoms with van der Waals surface area (Å²) >= 11 is 7.81. The van der Waals surface area contributed by atoms with Crippen molar-refractivity contribution in [2.24, 2.45) is 0 Å². The van der Waals surface area contributed by atoms with Crippen LogP contribution in [-0.2, 0) is 14.6 Å². The number of nitrogens with two attached hydrogens (primary N) is 1. The van der Waals surface area contributed by atoms with E-state index in [1.807, 2.05) is 13.8 Å². The van der Waals surface area contributed by atoms with Gasteiger partial charge in [-0.15, -0.1) is 11.3 Å². The second-order valence-electron chi connectivity index (χ2n) is 5.13. The van der Waals surface area contributed by atoms with Crippen LogP contribution in [-0.4, -0.2) is 36.1 Å². The van der Waals surface area contributed by atoms with Gasteiger partial charge in [0.1, 0.15) is 14.9 Å². The van der Waals surface area contributed by atoms with E-state index in [0.717, 1.165) is 35.7 Å². The number of aromatic nitrogens is 2.